The zero-order valence-electron chi connectivity index (χ0n) is 11.3. The van der Waals surface area contributed by atoms with Gasteiger partial charge in [0.05, 0.1) is 10.6 Å². The predicted octanol–water partition coefficient (Wildman–Crippen LogP) is 3.52. The Kier molecular flexibility index (Phi) is 3.55. The third-order valence-electron chi connectivity index (χ3n) is 3.29. The van der Waals surface area contributed by atoms with Crippen molar-refractivity contribution in [2.24, 2.45) is 0 Å². The maximum absolute atomic E-state index is 10.6. The van der Waals surface area contributed by atoms with E-state index in [9.17, 15) is 5.11 Å². The molecule has 2 rings (SSSR count). The normalized spacial score (nSPS) is 14.5. The summed E-state index contributed by atoms with van der Waals surface area (Å²) >= 11 is 1.61. The van der Waals surface area contributed by atoms with Crippen molar-refractivity contribution in [1.82, 2.24) is 4.98 Å². The Labute approximate surface area is 112 Å². The molecule has 1 unspecified atom stereocenters. The fraction of sp³-hybridized carbons (Fsp3) is 0.400. The van der Waals surface area contributed by atoms with Gasteiger partial charge in [0.15, 0.2) is 0 Å². The van der Waals surface area contributed by atoms with Crippen LogP contribution in [0.5, 0.6) is 0 Å². The van der Waals surface area contributed by atoms with Crippen LogP contribution in [0.15, 0.2) is 23.6 Å². The van der Waals surface area contributed by atoms with Crippen molar-refractivity contribution in [2.45, 2.75) is 39.7 Å². The average molecular weight is 261 g/mol. The summed E-state index contributed by atoms with van der Waals surface area (Å²) in [5, 5.41) is 13.6. The molecule has 0 radical (unpaired) electrons. The van der Waals surface area contributed by atoms with Gasteiger partial charge in [-0.2, -0.15) is 0 Å². The molecule has 0 bridgehead atoms. The minimum Gasteiger partial charge on any atom is -0.385 e. The lowest BCUT2D eigenvalue weighted by Gasteiger charge is -2.23. The highest BCUT2D eigenvalue weighted by molar-refractivity contribution is 7.09. The highest BCUT2D eigenvalue weighted by Gasteiger charge is 2.25. The predicted molar refractivity (Wildman–Crippen MR) is 76.0 cm³/mol. The van der Waals surface area contributed by atoms with Gasteiger partial charge in [-0.15, -0.1) is 11.3 Å². The van der Waals surface area contributed by atoms with Gasteiger partial charge in [0, 0.05) is 17.5 Å². The largest absolute Gasteiger partial charge is 0.385 e. The van der Waals surface area contributed by atoms with Gasteiger partial charge in [-0.25, -0.2) is 4.98 Å². The van der Waals surface area contributed by atoms with Crippen molar-refractivity contribution in [1.29, 1.82) is 0 Å². The third-order valence-corrected chi connectivity index (χ3v) is 4.26. The molecule has 0 aliphatic carbocycles. The van der Waals surface area contributed by atoms with E-state index < -0.39 is 5.60 Å². The van der Waals surface area contributed by atoms with E-state index in [0.29, 0.717) is 6.42 Å². The standard InChI is InChI=1S/C15H19NOS/c1-10-5-6-13(7-11(10)2)15(4,17)8-14-16-12(3)9-18-14/h5-7,9,17H,8H2,1-4H3. The summed E-state index contributed by atoms with van der Waals surface area (Å²) in [6, 6.07) is 6.13. The first kappa shape index (κ1) is 13.2. The van der Waals surface area contributed by atoms with Gasteiger partial charge >= 0.3 is 0 Å². The molecular weight excluding hydrogens is 242 g/mol. The number of nitrogens with zero attached hydrogens (tertiary/aromatic N) is 1. The van der Waals surface area contributed by atoms with E-state index in [2.05, 4.69) is 31.0 Å². The highest BCUT2D eigenvalue weighted by Crippen LogP contribution is 2.28. The highest BCUT2D eigenvalue weighted by atomic mass is 32.1. The minimum absolute atomic E-state index is 0.563. The Balaban J connectivity index is 2.26. The molecule has 3 heteroatoms. The van der Waals surface area contributed by atoms with Crippen LogP contribution in [0.1, 0.15) is 34.3 Å². The van der Waals surface area contributed by atoms with Crippen LogP contribution in [0.2, 0.25) is 0 Å². The number of rotatable bonds is 3. The number of aromatic nitrogens is 1. The molecule has 1 N–H and O–H groups in total. The zero-order valence-corrected chi connectivity index (χ0v) is 12.1. The number of benzene rings is 1. The number of thiazole rings is 1. The second-order valence-electron chi connectivity index (χ2n) is 5.13. The van der Waals surface area contributed by atoms with E-state index in [-0.39, 0.29) is 0 Å². The molecule has 0 saturated carbocycles. The van der Waals surface area contributed by atoms with Gasteiger partial charge in [-0.1, -0.05) is 18.2 Å². The van der Waals surface area contributed by atoms with Crippen LogP contribution in [0.4, 0.5) is 0 Å². The molecule has 1 atom stereocenters. The summed E-state index contributed by atoms with van der Waals surface area (Å²) in [5.41, 5.74) is 3.58. The van der Waals surface area contributed by atoms with Crippen LogP contribution in [0.25, 0.3) is 0 Å². The Morgan fingerprint density at radius 2 is 1.94 bits per heavy atom. The molecule has 18 heavy (non-hydrogen) atoms. The first-order valence-electron chi connectivity index (χ1n) is 6.09. The molecule has 0 aliphatic heterocycles. The van der Waals surface area contributed by atoms with Crippen LogP contribution >= 0.6 is 11.3 Å². The second kappa shape index (κ2) is 4.82. The van der Waals surface area contributed by atoms with Crippen molar-refractivity contribution < 1.29 is 5.11 Å². The van der Waals surface area contributed by atoms with Gasteiger partial charge in [0.25, 0.3) is 0 Å². The molecule has 1 aromatic carbocycles. The summed E-state index contributed by atoms with van der Waals surface area (Å²) in [7, 11) is 0. The third kappa shape index (κ3) is 2.79. The van der Waals surface area contributed by atoms with E-state index >= 15 is 0 Å². The summed E-state index contributed by atoms with van der Waals surface area (Å²) in [5.74, 6) is 0. The van der Waals surface area contributed by atoms with Gasteiger partial charge < -0.3 is 5.11 Å². The monoisotopic (exact) mass is 261 g/mol. The lowest BCUT2D eigenvalue weighted by molar-refractivity contribution is 0.0575. The molecule has 0 spiro atoms. The number of hydrogen-bond donors (Lipinski definition) is 1. The molecule has 0 saturated heterocycles. The van der Waals surface area contributed by atoms with Crippen molar-refractivity contribution in [2.75, 3.05) is 0 Å². The van der Waals surface area contributed by atoms with E-state index in [1.54, 1.807) is 11.3 Å². The SMILES string of the molecule is Cc1csc(CC(C)(O)c2ccc(C)c(C)c2)n1. The van der Waals surface area contributed by atoms with Gasteiger partial charge in [0.1, 0.15) is 0 Å². The lowest BCUT2D eigenvalue weighted by atomic mass is 9.90. The van der Waals surface area contributed by atoms with Crippen molar-refractivity contribution in [3.05, 3.63) is 51.0 Å². The second-order valence-corrected chi connectivity index (χ2v) is 6.07. The Hall–Kier alpha value is -1.19. The maximum Gasteiger partial charge on any atom is 0.0960 e. The molecule has 1 heterocycles. The van der Waals surface area contributed by atoms with E-state index in [1.807, 2.05) is 25.3 Å². The number of hydrogen-bond acceptors (Lipinski definition) is 3. The summed E-state index contributed by atoms with van der Waals surface area (Å²) in [4.78, 5) is 4.42. The molecule has 1 aromatic heterocycles. The Morgan fingerprint density at radius 3 is 2.50 bits per heavy atom. The Bertz CT molecular complexity index is 557. The van der Waals surface area contributed by atoms with Gasteiger partial charge in [-0.3, -0.25) is 0 Å². The maximum atomic E-state index is 10.6. The molecule has 0 fully saturated rings. The fourth-order valence-electron chi connectivity index (χ4n) is 1.96. The van der Waals surface area contributed by atoms with Gasteiger partial charge in [-0.05, 0) is 44.4 Å². The van der Waals surface area contributed by atoms with Crippen molar-refractivity contribution >= 4 is 11.3 Å². The molecule has 2 nitrogen and oxygen atoms in total. The molecule has 0 aliphatic rings. The zero-order chi connectivity index (χ0) is 13.3. The summed E-state index contributed by atoms with van der Waals surface area (Å²) in [6.45, 7) is 7.99. The first-order chi connectivity index (χ1) is 8.38. The van der Waals surface area contributed by atoms with E-state index in [0.717, 1.165) is 16.3 Å². The summed E-state index contributed by atoms with van der Waals surface area (Å²) in [6.07, 6.45) is 0.563. The molecular formula is C15H19NOS. The van der Waals surface area contributed by atoms with Crippen molar-refractivity contribution in [3.8, 4) is 0 Å². The summed E-state index contributed by atoms with van der Waals surface area (Å²) < 4.78 is 0. The first-order valence-corrected chi connectivity index (χ1v) is 6.97. The van der Waals surface area contributed by atoms with Crippen LogP contribution in [-0.4, -0.2) is 10.1 Å². The Morgan fingerprint density at radius 1 is 1.22 bits per heavy atom. The van der Waals surface area contributed by atoms with E-state index in [4.69, 9.17) is 0 Å². The van der Waals surface area contributed by atoms with E-state index in [1.165, 1.54) is 11.1 Å². The molecule has 0 amide bonds. The topological polar surface area (TPSA) is 33.1 Å². The quantitative estimate of drug-likeness (QED) is 0.917. The number of aryl methyl sites for hydroxylation is 3. The average Bonchev–Trinajstić information content (AvgIpc) is 2.67. The van der Waals surface area contributed by atoms with Crippen LogP contribution in [0.3, 0.4) is 0 Å². The molecule has 2 aromatic rings. The van der Waals surface area contributed by atoms with Crippen LogP contribution in [-0.2, 0) is 12.0 Å². The van der Waals surface area contributed by atoms with Crippen LogP contribution < -0.4 is 0 Å². The lowest BCUT2D eigenvalue weighted by Crippen LogP contribution is -2.24. The fourth-order valence-corrected chi connectivity index (χ4v) is 2.88. The molecule has 96 valence electrons. The van der Waals surface area contributed by atoms with Crippen LogP contribution in [0, 0.1) is 20.8 Å². The smallest absolute Gasteiger partial charge is 0.0960 e. The van der Waals surface area contributed by atoms with Gasteiger partial charge in [0.2, 0.25) is 0 Å². The number of aliphatic hydroxyl groups is 1. The minimum atomic E-state index is -0.858. The van der Waals surface area contributed by atoms with Crippen molar-refractivity contribution in [3.63, 3.8) is 0 Å².